The van der Waals surface area contributed by atoms with Crippen LogP contribution in [-0.2, 0) is 9.84 Å². The number of Topliss-reactive ketones (excluding diaryl/α,β-unsaturated/α-hetero) is 1. The molecule has 0 spiro atoms. The van der Waals surface area contributed by atoms with Crippen LogP contribution in [0.1, 0.15) is 23.7 Å². The van der Waals surface area contributed by atoms with E-state index in [9.17, 15) is 13.2 Å². The lowest BCUT2D eigenvalue weighted by molar-refractivity contribution is 0.0970. The van der Waals surface area contributed by atoms with Gasteiger partial charge in [-0.3, -0.25) is 4.79 Å². The van der Waals surface area contributed by atoms with E-state index in [2.05, 4.69) is 0 Å². The first-order valence-corrected chi connectivity index (χ1v) is 7.60. The summed E-state index contributed by atoms with van der Waals surface area (Å²) in [6.07, 6.45) is 0.975. The van der Waals surface area contributed by atoms with E-state index in [1.54, 1.807) is 19.1 Å². The third-order valence-electron chi connectivity index (χ3n) is 2.73. The van der Waals surface area contributed by atoms with Gasteiger partial charge in [-0.25, -0.2) is 8.42 Å². The largest absolute Gasteiger partial charge is 0.497 e. The molecule has 0 bridgehead atoms. The average molecular weight is 291 g/mol. The molecule has 0 fully saturated rings. The molecule has 0 aromatic heterocycles. The number of ether oxygens (including phenoxy) is 1. The Hall–Kier alpha value is -1.07. The van der Waals surface area contributed by atoms with Crippen LogP contribution in [0, 0.1) is 0 Å². The lowest BCUT2D eigenvalue weighted by atomic mass is 10.1. The molecule has 0 radical (unpaired) electrons. The van der Waals surface area contributed by atoms with Crippen molar-refractivity contribution in [3.63, 3.8) is 0 Å². The van der Waals surface area contributed by atoms with Crippen LogP contribution in [0.4, 0.5) is 0 Å². The Morgan fingerprint density at radius 1 is 1.33 bits per heavy atom. The van der Waals surface area contributed by atoms with Crippen molar-refractivity contribution in [2.24, 2.45) is 0 Å². The van der Waals surface area contributed by atoms with Gasteiger partial charge in [0.05, 0.1) is 7.11 Å². The first kappa shape index (κ1) is 15.0. The molecule has 0 amide bonds. The van der Waals surface area contributed by atoms with E-state index in [0.717, 1.165) is 6.26 Å². The van der Waals surface area contributed by atoms with Crippen LogP contribution in [0.25, 0.3) is 0 Å². The van der Waals surface area contributed by atoms with Gasteiger partial charge in [-0.05, 0) is 30.7 Å². The van der Waals surface area contributed by atoms with E-state index < -0.39 is 19.8 Å². The Kier molecular flexibility index (Phi) is 4.40. The summed E-state index contributed by atoms with van der Waals surface area (Å²) in [4.78, 5) is 12.2. The van der Waals surface area contributed by atoms with Gasteiger partial charge in [-0.15, -0.1) is 0 Å². The Bertz CT molecular complexity index is 536. The number of hydrogen-bond donors (Lipinski definition) is 0. The quantitative estimate of drug-likeness (QED) is 0.616. The van der Waals surface area contributed by atoms with Crippen molar-refractivity contribution in [3.8, 4) is 5.75 Å². The van der Waals surface area contributed by atoms with E-state index in [1.807, 2.05) is 0 Å². The summed E-state index contributed by atoms with van der Waals surface area (Å²) in [7, 11) is -2.19. The topological polar surface area (TPSA) is 60.4 Å². The molecule has 1 unspecified atom stereocenters. The molecule has 1 aromatic rings. The average Bonchev–Trinajstić information content (AvgIpc) is 2.35. The van der Waals surface area contributed by atoms with Gasteiger partial charge >= 0.3 is 0 Å². The van der Waals surface area contributed by atoms with E-state index in [0.29, 0.717) is 5.75 Å². The van der Waals surface area contributed by atoms with E-state index in [-0.39, 0.29) is 12.0 Å². The fourth-order valence-electron chi connectivity index (χ4n) is 1.55. The summed E-state index contributed by atoms with van der Waals surface area (Å²) >= 11 is 5.99. The molecule has 18 heavy (non-hydrogen) atoms. The maximum Gasteiger partial charge on any atom is 0.207 e. The number of hydrogen-bond acceptors (Lipinski definition) is 4. The molecule has 1 aromatic carbocycles. The fourth-order valence-corrected chi connectivity index (χ4v) is 2.64. The van der Waals surface area contributed by atoms with Crippen molar-refractivity contribution >= 4 is 27.2 Å². The second-order valence-electron chi connectivity index (χ2n) is 3.91. The monoisotopic (exact) mass is 290 g/mol. The number of sulfone groups is 1. The highest BCUT2D eigenvalue weighted by molar-refractivity contribution is 7.94. The molecule has 0 N–H and O–H groups in total. The Balaban J connectivity index is 3.19. The van der Waals surface area contributed by atoms with Crippen molar-refractivity contribution in [2.45, 2.75) is 17.6 Å². The van der Waals surface area contributed by atoms with Gasteiger partial charge < -0.3 is 4.74 Å². The fraction of sp³-hybridized carbons (Fsp3) is 0.417. The van der Waals surface area contributed by atoms with Gasteiger partial charge in [0.1, 0.15) is 5.75 Å². The van der Waals surface area contributed by atoms with E-state index in [1.165, 1.54) is 19.2 Å². The summed E-state index contributed by atoms with van der Waals surface area (Å²) in [5.41, 5.74) is 0.248. The van der Waals surface area contributed by atoms with Crippen LogP contribution in [0.3, 0.4) is 0 Å². The summed E-state index contributed by atoms with van der Waals surface area (Å²) in [6, 6.07) is 6.17. The highest BCUT2D eigenvalue weighted by Gasteiger charge is 2.44. The van der Waals surface area contributed by atoms with Crippen molar-refractivity contribution < 1.29 is 17.9 Å². The first-order chi connectivity index (χ1) is 8.26. The molecule has 4 nitrogen and oxygen atoms in total. The first-order valence-electron chi connectivity index (χ1n) is 5.33. The summed E-state index contributed by atoms with van der Waals surface area (Å²) in [5, 5.41) is 0. The minimum atomic E-state index is -3.69. The maximum atomic E-state index is 12.2. The molecule has 6 heteroatoms. The zero-order valence-corrected chi connectivity index (χ0v) is 12.0. The zero-order chi connectivity index (χ0) is 14.0. The number of alkyl halides is 1. The molecule has 100 valence electrons. The summed E-state index contributed by atoms with van der Waals surface area (Å²) in [5.74, 6) is -0.0283. The predicted octanol–water partition coefficient (Wildman–Crippen LogP) is 2.27. The lowest BCUT2D eigenvalue weighted by Crippen LogP contribution is -2.40. The zero-order valence-electron chi connectivity index (χ0n) is 10.4. The molecule has 0 aliphatic rings. The van der Waals surface area contributed by atoms with E-state index in [4.69, 9.17) is 16.3 Å². The number of methoxy groups -OCH3 is 1. The minimum absolute atomic E-state index is 0.0122. The van der Waals surface area contributed by atoms with Crippen LogP contribution in [0.2, 0.25) is 0 Å². The van der Waals surface area contributed by atoms with Gasteiger partial charge in [-0.2, -0.15) is 0 Å². The molecule has 0 heterocycles. The van der Waals surface area contributed by atoms with Gasteiger partial charge in [0, 0.05) is 11.8 Å². The molecule has 0 aliphatic carbocycles. The van der Waals surface area contributed by atoms with Gasteiger partial charge in [0.15, 0.2) is 15.6 Å². The van der Waals surface area contributed by atoms with Crippen LogP contribution in [0.15, 0.2) is 24.3 Å². The molecule has 0 aliphatic heterocycles. The second-order valence-corrected chi connectivity index (χ2v) is 7.02. The molecule has 0 saturated carbocycles. The molecular formula is C12H15ClO4S. The van der Waals surface area contributed by atoms with Crippen LogP contribution in [-0.4, -0.2) is 31.8 Å². The Morgan fingerprint density at radius 3 is 2.17 bits per heavy atom. The van der Waals surface area contributed by atoms with E-state index >= 15 is 0 Å². The number of ketones is 1. The van der Waals surface area contributed by atoms with Crippen LogP contribution >= 0.6 is 11.6 Å². The molecule has 0 saturated heterocycles. The summed E-state index contributed by atoms with van der Waals surface area (Å²) < 4.78 is 26.4. The molecule has 1 rings (SSSR count). The van der Waals surface area contributed by atoms with Gasteiger partial charge in [0.25, 0.3) is 0 Å². The van der Waals surface area contributed by atoms with Crippen molar-refractivity contribution in [1.29, 1.82) is 0 Å². The minimum Gasteiger partial charge on any atom is -0.497 e. The van der Waals surface area contributed by atoms with Crippen molar-refractivity contribution in [1.82, 2.24) is 0 Å². The predicted molar refractivity (Wildman–Crippen MR) is 71.0 cm³/mol. The third kappa shape index (κ3) is 2.67. The SMILES string of the molecule is CCC(Cl)(C(=O)c1ccc(OC)cc1)S(C)(=O)=O. The Morgan fingerprint density at radius 2 is 1.83 bits per heavy atom. The Labute approximate surface area is 112 Å². The maximum absolute atomic E-state index is 12.2. The second kappa shape index (κ2) is 5.28. The number of rotatable bonds is 5. The standard InChI is InChI=1S/C12H15ClO4S/c1-4-12(13,18(3,15)16)11(14)9-5-7-10(17-2)8-6-9/h5-8H,4H2,1-3H3. The number of halogens is 1. The smallest absolute Gasteiger partial charge is 0.207 e. The highest BCUT2D eigenvalue weighted by atomic mass is 35.5. The number of carbonyl (C=O) groups excluding carboxylic acids is 1. The normalized spacial score (nSPS) is 14.9. The van der Waals surface area contributed by atoms with Crippen molar-refractivity contribution in [3.05, 3.63) is 29.8 Å². The lowest BCUT2D eigenvalue weighted by Gasteiger charge is -2.21. The van der Waals surface area contributed by atoms with Gasteiger partial charge in [-0.1, -0.05) is 18.5 Å². The molecule has 1 atom stereocenters. The van der Waals surface area contributed by atoms with Crippen LogP contribution in [0.5, 0.6) is 5.75 Å². The van der Waals surface area contributed by atoms with Crippen molar-refractivity contribution in [2.75, 3.05) is 13.4 Å². The molecular weight excluding hydrogens is 276 g/mol. The van der Waals surface area contributed by atoms with Crippen LogP contribution < -0.4 is 4.74 Å². The number of benzene rings is 1. The highest BCUT2D eigenvalue weighted by Crippen LogP contribution is 2.31. The number of carbonyl (C=O) groups is 1. The third-order valence-corrected chi connectivity index (χ3v) is 5.66. The summed E-state index contributed by atoms with van der Waals surface area (Å²) in [6.45, 7) is 1.56. The van der Waals surface area contributed by atoms with Gasteiger partial charge in [0.2, 0.25) is 4.21 Å².